The van der Waals surface area contributed by atoms with Crippen LogP contribution in [0.25, 0.3) is 10.9 Å². The number of hydrogen-bond donors (Lipinski definition) is 1. The van der Waals surface area contributed by atoms with Crippen molar-refractivity contribution in [1.82, 2.24) is 14.8 Å². The fraction of sp³-hybridized carbons (Fsp3) is 0.474. The number of fused-ring (bicyclic) bond motifs is 1. The Morgan fingerprint density at radius 2 is 1.96 bits per heavy atom. The molecule has 5 nitrogen and oxygen atoms in total. The van der Waals surface area contributed by atoms with Gasteiger partial charge in [0.25, 0.3) is 0 Å². The number of carbonyl (C=O) groups excluding carboxylic acids is 2. The van der Waals surface area contributed by atoms with E-state index in [1.807, 2.05) is 39.9 Å². The smallest absolute Gasteiger partial charge is 0.242 e. The van der Waals surface area contributed by atoms with E-state index in [1.165, 1.54) is 0 Å². The highest BCUT2D eigenvalue weighted by molar-refractivity contribution is 5.84. The van der Waals surface area contributed by atoms with Crippen LogP contribution in [0.4, 0.5) is 0 Å². The van der Waals surface area contributed by atoms with E-state index in [0.29, 0.717) is 19.1 Å². The molecule has 126 valence electrons. The van der Waals surface area contributed by atoms with E-state index in [0.717, 1.165) is 43.1 Å². The Kier molecular flexibility index (Phi) is 4.00. The van der Waals surface area contributed by atoms with E-state index in [4.69, 9.17) is 0 Å². The number of para-hydroxylation sites is 1. The number of aromatic nitrogens is 1. The molecule has 0 spiro atoms. The lowest BCUT2D eigenvalue weighted by Gasteiger charge is -2.32. The Labute approximate surface area is 141 Å². The summed E-state index contributed by atoms with van der Waals surface area (Å²) in [6.45, 7) is 1.65. The van der Waals surface area contributed by atoms with Crippen LogP contribution in [0.15, 0.2) is 36.5 Å². The molecule has 1 aliphatic carbocycles. The molecule has 1 aliphatic heterocycles. The van der Waals surface area contributed by atoms with Gasteiger partial charge in [0.15, 0.2) is 0 Å². The van der Waals surface area contributed by atoms with Crippen LogP contribution < -0.4 is 5.32 Å². The van der Waals surface area contributed by atoms with Crippen molar-refractivity contribution >= 4 is 22.7 Å². The maximum atomic E-state index is 12.7. The first-order chi connectivity index (χ1) is 11.7. The molecule has 1 N–H and O–H groups in total. The largest absolute Gasteiger partial charge is 0.353 e. The summed E-state index contributed by atoms with van der Waals surface area (Å²) in [7, 11) is 0. The molecule has 24 heavy (non-hydrogen) atoms. The quantitative estimate of drug-likeness (QED) is 0.936. The van der Waals surface area contributed by atoms with Gasteiger partial charge in [0.1, 0.15) is 6.54 Å². The summed E-state index contributed by atoms with van der Waals surface area (Å²) < 4.78 is 1.99. The van der Waals surface area contributed by atoms with Gasteiger partial charge in [0.2, 0.25) is 11.8 Å². The number of rotatable bonds is 4. The van der Waals surface area contributed by atoms with Crippen LogP contribution in [0.2, 0.25) is 0 Å². The van der Waals surface area contributed by atoms with Gasteiger partial charge in [-0.15, -0.1) is 0 Å². The van der Waals surface area contributed by atoms with Gasteiger partial charge in [-0.3, -0.25) is 9.59 Å². The minimum Gasteiger partial charge on any atom is -0.353 e. The van der Waals surface area contributed by atoms with E-state index < -0.39 is 0 Å². The third-order valence-corrected chi connectivity index (χ3v) is 5.05. The lowest BCUT2D eigenvalue weighted by atomic mass is 9.97. The summed E-state index contributed by atoms with van der Waals surface area (Å²) in [5.41, 5.74) is 1.07. The summed E-state index contributed by atoms with van der Waals surface area (Å²) in [6, 6.07) is 10.5. The zero-order valence-corrected chi connectivity index (χ0v) is 13.8. The molecule has 2 aromatic rings. The number of carbonyl (C=O) groups is 2. The Morgan fingerprint density at radius 1 is 1.12 bits per heavy atom. The Morgan fingerprint density at radius 3 is 2.79 bits per heavy atom. The molecule has 2 heterocycles. The van der Waals surface area contributed by atoms with Crippen molar-refractivity contribution in [3.8, 4) is 0 Å². The van der Waals surface area contributed by atoms with Crippen LogP contribution in [0, 0.1) is 5.92 Å². The summed E-state index contributed by atoms with van der Waals surface area (Å²) in [5, 5.41) is 4.21. The highest BCUT2D eigenvalue weighted by Crippen LogP contribution is 2.23. The van der Waals surface area contributed by atoms with Crippen molar-refractivity contribution in [3.05, 3.63) is 36.5 Å². The van der Waals surface area contributed by atoms with Gasteiger partial charge in [-0.1, -0.05) is 18.2 Å². The van der Waals surface area contributed by atoms with Gasteiger partial charge in [0, 0.05) is 30.8 Å². The number of amides is 2. The molecule has 1 aromatic carbocycles. The van der Waals surface area contributed by atoms with Crippen molar-refractivity contribution in [2.75, 3.05) is 13.1 Å². The lowest BCUT2D eigenvalue weighted by Crippen LogP contribution is -2.46. The average Bonchev–Trinajstić information content (AvgIpc) is 3.34. The van der Waals surface area contributed by atoms with Crippen LogP contribution in [-0.4, -0.2) is 40.4 Å². The molecule has 1 aromatic heterocycles. The number of hydrogen-bond acceptors (Lipinski definition) is 2. The van der Waals surface area contributed by atoms with Crippen molar-refractivity contribution in [1.29, 1.82) is 0 Å². The van der Waals surface area contributed by atoms with Crippen LogP contribution in [-0.2, 0) is 16.1 Å². The highest BCUT2D eigenvalue weighted by atomic mass is 16.2. The first-order valence-corrected chi connectivity index (χ1v) is 8.83. The van der Waals surface area contributed by atoms with Crippen molar-refractivity contribution in [2.45, 2.75) is 38.3 Å². The molecule has 2 aliphatic rings. The predicted octanol–water partition coefficient (Wildman–Crippen LogP) is 2.16. The SMILES string of the molecule is O=C(NC1CC1)[C@H]1CCCN(C(=O)Cn2ccc3ccccc32)C1. The number of nitrogens with zero attached hydrogens (tertiary/aromatic N) is 2. The molecule has 1 saturated heterocycles. The normalized spacial score (nSPS) is 21.0. The monoisotopic (exact) mass is 325 g/mol. The maximum Gasteiger partial charge on any atom is 0.242 e. The Hall–Kier alpha value is -2.30. The summed E-state index contributed by atoms with van der Waals surface area (Å²) >= 11 is 0. The van der Waals surface area contributed by atoms with E-state index in [9.17, 15) is 9.59 Å². The zero-order valence-electron chi connectivity index (χ0n) is 13.8. The van der Waals surface area contributed by atoms with Crippen LogP contribution in [0.5, 0.6) is 0 Å². The van der Waals surface area contributed by atoms with Gasteiger partial charge < -0.3 is 14.8 Å². The number of benzene rings is 1. The van der Waals surface area contributed by atoms with Crippen LogP contribution in [0.1, 0.15) is 25.7 Å². The van der Waals surface area contributed by atoms with Gasteiger partial charge in [-0.2, -0.15) is 0 Å². The second-order valence-corrected chi connectivity index (χ2v) is 6.96. The number of likely N-dealkylation sites (tertiary alicyclic amines) is 1. The standard InChI is InChI=1S/C19H23N3O2/c23-18(13-21-11-9-14-4-1-2-6-17(14)21)22-10-3-5-15(12-22)19(24)20-16-7-8-16/h1-2,4,6,9,11,15-16H,3,5,7-8,10,12-13H2,(H,20,24)/t15-/m0/s1. The van der Waals surface area contributed by atoms with E-state index in [1.54, 1.807) is 0 Å². The van der Waals surface area contributed by atoms with E-state index in [-0.39, 0.29) is 17.7 Å². The molecule has 0 radical (unpaired) electrons. The molecule has 1 atom stereocenters. The highest BCUT2D eigenvalue weighted by Gasteiger charge is 2.31. The van der Waals surface area contributed by atoms with Gasteiger partial charge in [0.05, 0.1) is 5.92 Å². The van der Waals surface area contributed by atoms with E-state index in [2.05, 4.69) is 11.4 Å². The van der Waals surface area contributed by atoms with E-state index >= 15 is 0 Å². The van der Waals surface area contributed by atoms with Crippen molar-refractivity contribution in [2.24, 2.45) is 5.92 Å². The summed E-state index contributed by atoms with van der Waals surface area (Å²) in [4.78, 5) is 26.8. The summed E-state index contributed by atoms with van der Waals surface area (Å²) in [6.07, 6.45) is 5.95. The zero-order chi connectivity index (χ0) is 16.5. The van der Waals surface area contributed by atoms with Gasteiger partial charge in [-0.25, -0.2) is 0 Å². The third-order valence-electron chi connectivity index (χ3n) is 5.05. The second-order valence-electron chi connectivity index (χ2n) is 6.96. The third kappa shape index (κ3) is 3.16. The number of nitrogens with one attached hydrogen (secondary N) is 1. The first kappa shape index (κ1) is 15.2. The van der Waals surface area contributed by atoms with Gasteiger partial charge >= 0.3 is 0 Å². The molecule has 2 amide bonds. The fourth-order valence-electron chi connectivity index (χ4n) is 3.49. The van der Waals surface area contributed by atoms with Gasteiger partial charge in [-0.05, 0) is 43.2 Å². The molecule has 2 fully saturated rings. The first-order valence-electron chi connectivity index (χ1n) is 8.83. The Balaban J connectivity index is 1.41. The lowest BCUT2D eigenvalue weighted by molar-refractivity contribution is -0.136. The maximum absolute atomic E-state index is 12.7. The minimum absolute atomic E-state index is 0.0512. The van der Waals surface area contributed by atoms with Crippen LogP contribution >= 0.6 is 0 Å². The molecule has 4 rings (SSSR count). The molecule has 5 heteroatoms. The number of piperidine rings is 1. The van der Waals surface area contributed by atoms with Crippen LogP contribution in [0.3, 0.4) is 0 Å². The average molecular weight is 325 g/mol. The second kappa shape index (κ2) is 6.30. The topological polar surface area (TPSA) is 54.3 Å². The van der Waals surface area contributed by atoms with Crippen molar-refractivity contribution < 1.29 is 9.59 Å². The summed E-state index contributed by atoms with van der Waals surface area (Å²) in [5.74, 6) is 0.173. The molecular weight excluding hydrogens is 302 g/mol. The molecule has 1 saturated carbocycles. The predicted molar refractivity (Wildman–Crippen MR) is 92.4 cm³/mol. The molecule has 0 unspecified atom stereocenters. The minimum atomic E-state index is -0.0512. The molecule has 0 bridgehead atoms. The Bertz CT molecular complexity index is 763. The fourth-order valence-corrected chi connectivity index (χ4v) is 3.49. The van der Waals surface area contributed by atoms with Crippen molar-refractivity contribution in [3.63, 3.8) is 0 Å². The molecular formula is C19H23N3O2.